The lowest BCUT2D eigenvalue weighted by molar-refractivity contribution is -0.222. The molecule has 1 fully saturated rings. The Morgan fingerprint density at radius 2 is 1.62 bits per heavy atom. The molecule has 0 N–H and O–H groups in total. The number of rotatable bonds is 6. The lowest BCUT2D eigenvalue weighted by atomic mass is 9.83. The largest absolute Gasteiger partial charge is 0.497 e. The van der Waals surface area contributed by atoms with Crippen molar-refractivity contribution in [3.8, 4) is 5.75 Å². The van der Waals surface area contributed by atoms with Crippen LogP contribution in [0.4, 0.5) is 0 Å². The van der Waals surface area contributed by atoms with Gasteiger partial charge in [0, 0.05) is 13.8 Å². The molecule has 142 valence electrons. The molecule has 0 aromatic heterocycles. The Kier molecular flexibility index (Phi) is 6.11. The van der Waals surface area contributed by atoms with E-state index in [0.717, 1.165) is 23.3 Å². The van der Waals surface area contributed by atoms with Crippen LogP contribution < -0.4 is 4.74 Å². The second-order valence-corrected chi connectivity index (χ2v) is 7.32. The smallest absolute Gasteiger partial charge is 0.348 e. The van der Waals surface area contributed by atoms with Crippen LogP contribution in [0.25, 0.3) is 0 Å². The fourth-order valence-corrected chi connectivity index (χ4v) is 3.18. The van der Waals surface area contributed by atoms with Crippen LogP contribution in [0, 0.1) is 5.92 Å². The van der Waals surface area contributed by atoms with E-state index in [1.54, 1.807) is 21.0 Å². The van der Waals surface area contributed by atoms with Gasteiger partial charge in [-0.3, -0.25) is 0 Å². The number of methoxy groups -OCH3 is 1. The molecule has 1 aromatic rings. The Balaban J connectivity index is 2.36. The Morgan fingerprint density at radius 1 is 1.08 bits per heavy atom. The number of ether oxygens (including phenoxy) is 3. The lowest BCUT2D eigenvalue weighted by Gasteiger charge is -2.32. The highest BCUT2D eigenvalue weighted by molar-refractivity contribution is 6.16. The summed E-state index contributed by atoms with van der Waals surface area (Å²) in [6, 6.07) is 7.89. The van der Waals surface area contributed by atoms with Gasteiger partial charge in [0.25, 0.3) is 5.79 Å². The van der Waals surface area contributed by atoms with Gasteiger partial charge in [-0.05, 0) is 47.9 Å². The Morgan fingerprint density at radius 3 is 2.04 bits per heavy atom. The van der Waals surface area contributed by atoms with E-state index in [4.69, 9.17) is 14.2 Å². The minimum Gasteiger partial charge on any atom is -0.497 e. The summed E-state index contributed by atoms with van der Waals surface area (Å²) in [5.74, 6) is -1.41. The summed E-state index contributed by atoms with van der Waals surface area (Å²) in [4.78, 5) is 24.9. The number of benzene rings is 1. The predicted molar refractivity (Wildman–Crippen MR) is 98.8 cm³/mol. The molecule has 1 aliphatic heterocycles. The summed E-state index contributed by atoms with van der Waals surface area (Å²) in [5, 5.41) is 0. The topological polar surface area (TPSA) is 61.8 Å². The second-order valence-electron chi connectivity index (χ2n) is 7.32. The Hall–Kier alpha value is -2.30. The molecule has 0 saturated carbocycles. The lowest BCUT2D eigenvalue weighted by Crippen LogP contribution is -2.42. The number of carbonyl (C=O) groups excluding carboxylic acids is 2. The third kappa shape index (κ3) is 4.45. The van der Waals surface area contributed by atoms with E-state index in [1.807, 2.05) is 38.1 Å². The third-order valence-electron chi connectivity index (χ3n) is 4.65. The molecule has 0 aliphatic carbocycles. The average molecular weight is 360 g/mol. The molecule has 1 aromatic carbocycles. The summed E-state index contributed by atoms with van der Waals surface area (Å²) in [6.07, 6.45) is 1.48. The van der Waals surface area contributed by atoms with E-state index in [9.17, 15) is 9.59 Å². The van der Waals surface area contributed by atoms with E-state index >= 15 is 0 Å². The summed E-state index contributed by atoms with van der Waals surface area (Å²) in [6.45, 7) is 9.16. The van der Waals surface area contributed by atoms with Gasteiger partial charge < -0.3 is 14.2 Å². The molecular formula is C21H28O5. The van der Waals surface area contributed by atoms with Crippen LogP contribution in [0.2, 0.25) is 0 Å². The molecular weight excluding hydrogens is 332 g/mol. The van der Waals surface area contributed by atoms with Gasteiger partial charge in [-0.1, -0.05) is 32.9 Å². The molecule has 0 radical (unpaired) electrons. The monoisotopic (exact) mass is 360 g/mol. The molecule has 26 heavy (non-hydrogen) atoms. The molecule has 0 unspecified atom stereocenters. The molecule has 5 heteroatoms. The van der Waals surface area contributed by atoms with Gasteiger partial charge in [-0.25, -0.2) is 9.59 Å². The normalized spacial score (nSPS) is 17.6. The fourth-order valence-electron chi connectivity index (χ4n) is 3.18. The first kappa shape index (κ1) is 20.0. The Bertz CT molecular complexity index is 676. The van der Waals surface area contributed by atoms with Crippen molar-refractivity contribution in [3.63, 3.8) is 0 Å². The van der Waals surface area contributed by atoms with Crippen LogP contribution >= 0.6 is 0 Å². The number of cyclic esters (lactones) is 2. The third-order valence-corrected chi connectivity index (χ3v) is 4.65. The minimum absolute atomic E-state index is 0.0265. The number of carbonyl (C=O) groups is 2. The van der Waals surface area contributed by atoms with E-state index in [0.29, 0.717) is 6.42 Å². The molecule has 0 spiro atoms. The van der Waals surface area contributed by atoms with Gasteiger partial charge in [0.15, 0.2) is 0 Å². The van der Waals surface area contributed by atoms with Crippen LogP contribution in [0.15, 0.2) is 35.4 Å². The molecule has 1 heterocycles. The van der Waals surface area contributed by atoms with Crippen molar-refractivity contribution in [2.75, 3.05) is 7.11 Å². The predicted octanol–water partition coefficient (Wildman–Crippen LogP) is 4.37. The molecule has 2 rings (SSSR count). The van der Waals surface area contributed by atoms with Gasteiger partial charge in [0.2, 0.25) is 0 Å². The summed E-state index contributed by atoms with van der Waals surface area (Å²) >= 11 is 0. The summed E-state index contributed by atoms with van der Waals surface area (Å²) in [5.41, 5.74) is 1.97. The molecule has 1 saturated heterocycles. The first-order valence-electron chi connectivity index (χ1n) is 9.02. The molecule has 1 atom stereocenters. The van der Waals surface area contributed by atoms with Crippen molar-refractivity contribution >= 4 is 11.9 Å². The highest BCUT2D eigenvalue weighted by atomic mass is 16.7. The fraction of sp³-hybridized carbons (Fsp3) is 0.524. The van der Waals surface area contributed by atoms with Crippen LogP contribution in [0.3, 0.4) is 0 Å². The standard InChI is InChI=1S/C21H28O5/c1-7-14(15-8-10-16(24-6)11-9-15)12-17(13(2)3)18-19(22)25-21(4,5)26-20(18)23/h8-11,13-14H,7,12H2,1-6H3/t14-/m1/s1. The van der Waals surface area contributed by atoms with E-state index in [1.165, 1.54) is 0 Å². The zero-order valence-electron chi connectivity index (χ0n) is 16.4. The molecule has 0 amide bonds. The molecule has 1 aliphatic rings. The summed E-state index contributed by atoms with van der Waals surface area (Å²) < 4.78 is 15.8. The van der Waals surface area contributed by atoms with Crippen molar-refractivity contribution in [1.29, 1.82) is 0 Å². The van der Waals surface area contributed by atoms with Gasteiger partial charge in [0.05, 0.1) is 7.11 Å². The van der Waals surface area contributed by atoms with Crippen molar-refractivity contribution in [1.82, 2.24) is 0 Å². The number of hydrogen-bond donors (Lipinski definition) is 0. The maximum atomic E-state index is 12.5. The zero-order valence-corrected chi connectivity index (χ0v) is 16.4. The number of esters is 2. The van der Waals surface area contributed by atoms with E-state index in [2.05, 4.69) is 6.92 Å². The van der Waals surface area contributed by atoms with Crippen LogP contribution in [-0.2, 0) is 19.1 Å². The van der Waals surface area contributed by atoms with Gasteiger partial charge in [0.1, 0.15) is 11.3 Å². The number of hydrogen-bond acceptors (Lipinski definition) is 5. The van der Waals surface area contributed by atoms with E-state index < -0.39 is 17.7 Å². The minimum atomic E-state index is -1.22. The quantitative estimate of drug-likeness (QED) is 0.428. The van der Waals surface area contributed by atoms with Crippen LogP contribution in [0.5, 0.6) is 5.75 Å². The maximum absolute atomic E-state index is 12.5. The van der Waals surface area contributed by atoms with Crippen molar-refractivity contribution in [2.24, 2.45) is 5.92 Å². The SMILES string of the molecule is CC[C@H](CC(=C1C(=O)OC(C)(C)OC1=O)C(C)C)c1ccc(OC)cc1. The van der Waals surface area contributed by atoms with Gasteiger partial charge in [-0.15, -0.1) is 0 Å². The van der Waals surface area contributed by atoms with Gasteiger partial charge in [-0.2, -0.15) is 0 Å². The maximum Gasteiger partial charge on any atom is 0.348 e. The first-order chi connectivity index (χ1) is 12.2. The second kappa shape index (κ2) is 7.94. The van der Waals surface area contributed by atoms with Crippen molar-refractivity contribution in [3.05, 3.63) is 41.0 Å². The first-order valence-corrected chi connectivity index (χ1v) is 9.02. The van der Waals surface area contributed by atoms with Crippen molar-refractivity contribution in [2.45, 2.75) is 59.2 Å². The zero-order chi connectivity index (χ0) is 19.5. The molecule has 0 bridgehead atoms. The van der Waals surface area contributed by atoms with Crippen molar-refractivity contribution < 1.29 is 23.8 Å². The average Bonchev–Trinajstić information content (AvgIpc) is 2.56. The highest BCUT2D eigenvalue weighted by Crippen LogP contribution is 2.35. The summed E-state index contributed by atoms with van der Waals surface area (Å²) in [7, 11) is 1.63. The van der Waals surface area contributed by atoms with Gasteiger partial charge >= 0.3 is 11.9 Å². The number of allylic oxidation sites excluding steroid dienone is 1. The van der Waals surface area contributed by atoms with Crippen LogP contribution in [-0.4, -0.2) is 24.8 Å². The Labute approximate surface area is 155 Å². The molecule has 5 nitrogen and oxygen atoms in total. The van der Waals surface area contributed by atoms with Crippen LogP contribution in [0.1, 0.15) is 58.9 Å². The van der Waals surface area contributed by atoms with E-state index in [-0.39, 0.29) is 17.4 Å². The highest BCUT2D eigenvalue weighted by Gasteiger charge is 2.41.